The number of aromatic nitrogens is 6. The van der Waals surface area contributed by atoms with E-state index in [0.717, 1.165) is 16.8 Å². The Kier molecular flexibility index (Phi) is 4.97. The topological polar surface area (TPSA) is 106 Å². The molecule has 0 unspecified atom stereocenters. The quantitative estimate of drug-likeness (QED) is 0.395. The minimum Gasteiger partial charge on any atom is -0.481 e. The molecule has 4 aromatic heterocycles. The lowest BCUT2D eigenvalue weighted by molar-refractivity contribution is 0.397. The van der Waals surface area contributed by atoms with Crippen LogP contribution >= 0.6 is 0 Å². The van der Waals surface area contributed by atoms with E-state index in [1.807, 2.05) is 43.3 Å². The summed E-state index contributed by atoms with van der Waals surface area (Å²) >= 11 is 0. The van der Waals surface area contributed by atoms with E-state index in [2.05, 4.69) is 35.6 Å². The molecule has 0 amide bonds. The lowest BCUT2D eigenvalue weighted by Gasteiger charge is -2.10. The minimum atomic E-state index is 0.497. The monoisotopic (exact) mass is 389 g/mol. The van der Waals surface area contributed by atoms with Gasteiger partial charge in [0.05, 0.1) is 24.9 Å². The van der Waals surface area contributed by atoms with Crippen molar-refractivity contribution in [3.63, 3.8) is 0 Å². The van der Waals surface area contributed by atoms with Gasteiger partial charge in [-0.05, 0) is 18.2 Å². The van der Waals surface area contributed by atoms with E-state index in [-0.39, 0.29) is 0 Å². The van der Waals surface area contributed by atoms with E-state index >= 15 is 0 Å². The van der Waals surface area contributed by atoms with Crippen molar-refractivity contribution in [3.05, 3.63) is 54.6 Å². The van der Waals surface area contributed by atoms with Gasteiger partial charge in [0.25, 0.3) is 0 Å². The Hall–Kier alpha value is -4.08. The largest absolute Gasteiger partial charge is 0.481 e. The van der Waals surface area contributed by atoms with Crippen molar-refractivity contribution in [2.24, 2.45) is 5.10 Å². The van der Waals surface area contributed by atoms with Gasteiger partial charge in [0.1, 0.15) is 12.1 Å². The van der Waals surface area contributed by atoms with E-state index in [9.17, 15) is 0 Å². The number of hydrazone groups is 1. The molecule has 0 fully saturated rings. The molecule has 4 rings (SSSR count). The summed E-state index contributed by atoms with van der Waals surface area (Å²) < 4.78 is 6.80. The predicted molar refractivity (Wildman–Crippen MR) is 111 cm³/mol. The van der Waals surface area contributed by atoms with Crippen LogP contribution in [0.2, 0.25) is 0 Å². The lowest BCUT2D eigenvalue weighted by Crippen LogP contribution is -2.10. The van der Waals surface area contributed by atoms with Crippen LogP contribution in [0.4, 0.5) is 11.6 Å². The number of rotatable bonds is 6. The molecule has 0 radical (unpaired) electrons. The van der Waals surface area contributed by atoms with Crippen molar-refractivity contribution < 1.29 is 4.74 Å². The van der Waals surface area contributed by atoms with Crippen molar-refractivity contribution in [1.29, 1.82) is 0 Å². The van der Waals surface area contributed by atoms with Gasteiger partial charge in [0, 0.05) is 31.9 Å². The number of fused-ring (bicyclic) bond motifs is 1. The lowest BCUT2D eigenvalue weighted by atomic mass is 10.3. The maximum absolute atomic E-state index is 5.18. The van der Waals surface area contributed by atoms with Crippen molar-refractivity contribution in [1.82, 2.24) is 29.7 Å². The Morgan fingerprint density at radius 1 is 1.10 bits per heavy atom. The molecule has 0 aliphatic heterocycles. The summed E-state index contributed by atoms with van der Waals surface area (Å²) in [4.78, 5) is 19.3. The van der Waals surface area contributed by atoms with Crippen molar-refractivity contribution in [3.8, 4) is 11.7 Å². The third-order valence-corrected chi connectivity index (χ3v) is 4.11. The van der Waals surface area contributed by atoms with Crippen LogP contribution in [0.1, 0.15) is 5.56 Å². The first-order valence-electron chi connectivity index (χ1n) is 8.78. The molecule has 0 aromatic carbocycles. The Balaban J connectivity index is 1.58. The molecular formula is C19H19N9O. The van der Waals surface area contributed by atoms with Crippen LogP contribution < -0.4 is 15.1 Å². The van der Waals surface area contributed by atoms with Gasteiger partial charge < -0.3 is 9.64 Å². The summed E-state index contributed by atoms with van der Waals surface area (Å²) in [6, 6.07) is 9.30. The van der Waals surface area contributed by atoms with Crippen LogP contribution in [0.5, 0.6) is 5.88 Å². The van der Waals surface area contributed by atoms with Gasteiger partial charge in [-0.3, -0.25) is 5.43 Å². The van der Waals surface area contributed by atoms with E-state index in [4.69, 9.17) is 4.74 Å². The van der Waals surface area contributed by atoms with Crippen LogP contribution in [-0.2, 0) is 0 Å². The number of hydrogen-bond donors (Lipinski definition) is 1. The molecule has 10 heteroatoms. The van der Waals surface area contributed by atoms with E-state index < -0.39 is 0 Å². The first kappa shape index (κ1) is 18.3. The fourth-order valence-corrected chi connectivity index (χ4v) is 2.64. The summed E-state index contributed by atoms with van der Waals surface area (Å²) in [5.74, 6) is 2.51. The standard InChI is InChI=1S/C19H19N9O/c1-27(2)15-8-7-13(9-20-15)10-23-26-18-14-11-24-28(19(14)22-12-21-18)16-5-4-6-17(25-16)29-3/h4-12H,1-3H3,(H,21,22,26). The molecule has 4 heterocycles. The van der Waals surface area contributed by atoms with Crippen LogP contribution in [0.25, 0.3) is 16.9 Å². The zero-order chi connectivity index (χ0) is 20.2. The van der Waals surface area contributed by atoms with E-state index in [1.165, 1.54) is 6.33 Å². The second kappa shape index (κ2) is 7.89. The number of methoxy groups -OCH3 is 1. The van der Waals surface area contributed by atoms with Gasteiger partial charge in [-0.1, -0.05) is 6.07 Å². The molecule has 146 valence electrons. The number of pyridine rings is 2. The van der Waals surface area contributed by atoms with Crippen LogP contribution in [-0.4, -0.2) is 57.1 Å². The fraction of sp³-hybridized carbons (Fsp3) is 0.158. The zero-order valence-electron chi connectivity index (χ0n) is 16.2. The third-order valence-electron chi connectivity index (χ3n) is 4.11. The molecular weight excluding hydrogens is 370 g/mol. The molecule has 0 spiro atoms. The summed E-state index contributed by atoms with van der Waals surface area (Å²) in [6.07, 6.45) is 6.55. The van der Waals surface area contributed by atoms with Gasteiger partial charge in [-0.15, -0.1) is 0 Å². The number of ether oxygens (including phenoxy) is 1. The van der Waals surface area contributed by atoms with Gasteiger partial charge in [-0.2, -0.15) is 19.9 Å². The van der Waals surface area contributed by atoms with E-state index in [1.54, 1.807) is 36.5 Å². The molecule has 0 saturated heterocycles. The maximum Gasteiger partial charge on any atom is 0.214 e. The zero-order valence-corrected chi connectivity index (χ0v) is 16.2. The molecule has 4 aromatic rings. The molecule has 29 heavy (non-hydrogen) atoms. The second-order valence-corrected chi connectivity index (χ2v) is 6.27. The first-order chi connectivity index (χ1) is 14.2. The molecule has 0 aliphatic rings. The molecule has 10 nitrogen and oxygen atoms in total. The average Bonchev–Trinajstić information content (AvgIpc) is 3.19. The van der Waals surface area contributed by atoms with Gasteiger partial charge in [0.2, 0.25) is 5.88 Å². The number of anilines is 2. The Morgan fingerprint density at radius 2 is 2.00 bits per heavy atom. The molecule has 0 aliphatic carbocycles. The van der Waals surface area contributed by atoms with Crippen LogP contribution in [0, 0.1) is 0 Å². The van der Waals surface area contributed by atoms with Crippen molar-refractivity contribution in [2.45, 2.75) is 0 Å². The highest BCUT2D eigenvalue weighted by atomic mass is 16.5. The third kappa shape index (κ3) is 3.81. The van der Waals surface area contributed by atoms with E-state index in [0.29, 0.717) is 23.2 Å². The molecule has 0 bridgehead atoms. The summed E-state index contributed by atoms with van der Waals surface area (Å²) in [6.45, 7) is 0. The molecule has 0 atom stereocenters. The Morgan fingerprint density at radius 3 is 2.76 bits per heavy atom. The van der Waals surface area contributed by atoms with Crippen molar-refractivity contribution >= 4 is 28.9 Å². The number of nitrogens with zero attached hydrogens (tertiary/aromatic N) is 8. The normalized spacial score (nSPS) is 11.1. The average molecular weight is 389 g/mol. The highest BCUT2D eigenvalue weighted by Crippen LogP contribution is 2.21. The van der Waals surface area contributed by atoms with Gasteiger partial charge in [-0.25, -0.2) is 15.0 Å². The fourth-order valence-electron chi connectivity index (χ4n) is 2.64. The minimum absolute atomic E-state index is 0.497. The highest BCUT2D eigenvalue weighted by Gasteiger charge is 2.12. The Bertz CT molecular complexity index is 1150. The summed E-state index contributed by atoms with van der Waals surface area (Å²) in [5, 5.41) is 9.36. The SMILES string of the molecule is COc1cccc(-n2ncc3c(NN=Cc4ccc(N(C)C)nc4)ncnc32)n1. The number of hydrogen-bond acceptors (Lipinski definition) is 9. The molecule has 1 N–H and O–H groups in total. The highest BCUT2D eigenvalue weighted by molar-refractivity contribution is 5.88. The van der Waals surface area contributed by atoms with Crippen molar-refractivity contribution in [2.75, 3.05) is 31.5 Å². The summed E-state index contributed by atoms with van der Waals surface area (Å²) in [7, 11) is 5.46. The second-order valence-electron chi connectivity index (χ2n) is 6.27. The van der Waals surface area contributed by atoms with Crippen LogP contribution in [0.15, 0.2) is 54.2 Å². The number of nitrogens with one attached hydrogen (secondary N) is 1. The van der Waals surface area contributed by atoms with Gasteiger partial charge >= 0.3 is 0 Å². The maximum atomic E-state index is 5.18. The first-order valence-corrected chi connectivity index (χ1v) is 8.78. The predicted octanol–water partition coefficient (Wildman–Crippen LogP) is 2.13. The smallest absolute Gasteiger partial charge is 0.214 e. The Labute approximate surface area is 166 Å². The molecule has 0 saturated carbocycles. The van der Waals surface area contributed by atoms with Gasteiger partial charge in [0.15, 0.2) is 17.3 Å². The summed E-state index contributed by atoms with van der Waals surface area (Å²) in [5.41, 5.74) is 4.41. The van der Waals surface area contributed by atoms with Crippen LogP contribution in [0.3, 0.4) is 0 Å².